The lowest BCUT2D eigenvalue weighted by molar-refractivity contribution is 0.793. The van der Waals surface area contributed by atoms with Crippen LogP contribution in [0.3, 0.4) is 0 Å². The molecule has 0 aliphatic rings. The number of allylic oxidation sites excluding steroid dienone is 2. The van der Waals surface area contributed by atoms with Crippen molar-refractivity contribution in [2.45, 2.75) is 13.8 Å². The molecule has 1 heteroatoms. The summed E-state index contributed by atoms with van der Waals surface area (Å²) in [6, 6.07) is 0. The molecule has 0 spiro atoms. The molecule has 0 aromatic carbocycles. The van der Waals surface area contributed by atoms with Crippen molar-refractivity contribution in [1.82, 2.24) is 5.32 Å². The summed E-state index contributed by atoms with van der Waals surface area (Å²) in [4.78, 5) is 0. The number of hydrogen-bond donors (Lipinski definition) is 1. The molecule has 1 N–H and O–H groups in total. The second-order valence-corrected chi connectivity index (χ2v) is 2.69. The molecule has 0 unspecified atom stereocenters. The van der Waals surface area contributed by atoms with Gasteiger partial charge in [-0.25, -0.2) is 0 Å². The maximum atomic E-state index is 3.91. The van der Waals surface area contributed by atoms with Gasteiger partial charge in [-0.1, -0.05) is 38.2 Å². The largest absolute Gasteiger partial charge is 0.316 e. The summed E-state index contributed by atoms with van der Waals surface area (Å²) in [5.41, 5.74) is 1.19. The van der Waals surface area contributed by atoms with Gasteiger partial charge in [0.2, 0.25) is 0 Å². The molecule has 0 aliphatic heterocycles. The average molecular weight is 139 g/mol. The van der Waals surface area contributed by atoms with Crippen LogP contribution in [0.4, 0.5) is 0 Å². The first-order valence-electron chi connectivity index (χ1n) is 3.68. The van der Waals surface area contributed by atoms with E-state index in [0.717, 1.165) is 6.54 Å². The van der Waals surface area contributed by atoms with Crippen LogP contribution in [0.5, 0.6) is 0 Å². The molecule has 0 saturated heterocycles. The highest BCUT2D eigenvalue weighted by molar-refractivity contribution is 5.16. The Hall–Kier alpha value is -0.560. The minimum Gasteiger partial charge on any atom is -0.316 e. The fourth-order valence-corrected chi connectivity index (χ4v) is 0.521. The Morgan fingerprint density at radius 3 is 2.60 bits per heavy atom. The van der Waals surface area contributed by atoms with E-state index in [-0.39, 0.29) is 0 Å². The van der Waals surface area contributed by atoms with Crippen molar-refractivity contribution in [3.05, 3.63) is 24.3 Å². The van der Waals surface area contributed by atoms with Crippen LogP contribution in [-0.4, -0.2) is 13.6 Å². The summed E-state index contributed by atoms with van der Waals surface area (Å²) in [6.07, 6.45) is 4.16. The van der Waals surface area contributed by atoms with Gasteiger partial charge in [-0.05, 0) is 13.0 Å². The zero-order valence-corrected chi connectivity index (χ0v) is 7.15. The molecule has 1 nitrogen and oxygen atoms in total. The zero-order chi connectivity index (χ0) is 7.98. The van der Waals surface area contributed by atoms with Crippen molar-refractivity contribution in [2.24, 2.45) is 5.92 Å². The Morgan fingerprint density at radius 1 is 1.60 bits per heavy atom. The van der Waals surface area contributed by atoms with E-state index in [9.17, 15) is 0 Å². The summed E-state index contributed by atoms with van der Waals surface area (Å²) in [6.45, 7) is 9.12. The SMILES string of the molecule is C=C(/C=C/CNC)C(C)C. The molecule has 0 heterocycles. The van der Waals surface area contributed by atoms with Gasteiger partial charge in [0.05, 0.1) is 0 Å². The first kappa shape index (κ1) is 9.44. The molecular formula is C9H17N. The lowest BCUT2D eigenvalue weighted by Crippen LogP contribution is -2.04. The summed E-state index contributed by atoms with van der Waals surface area (Å²) in [7, 11) is 1.93. The van der Waals surface area contributed by atoms with Gasteiger partial charge < -0.3 is 5.32 Å². The maximum absolute atomic E-state index is 3.91. The molecule has 0 rings (SSSR count). The highest BCUT2D eigenvalue weighted by Crippen LogP contribution is 2.06. The Kier molecular flexibility index (Phi) is 4.95. The van der Waals surface area contributed by atoms with E-state index >= 15 is 0 Å². The van der Waals surface area contributed by atoms with Crippen molar-refractivity contribution in [1.29, 1.82) is 0 Å². The fraction of sp³-hybridized carbons (Fsp3) is 0.556. The Morgan fingerprint density at radius 2 is 2.20 bits per heavy atom. The van der Waals surface area contributed by atoms with Gasteiger partial charge in [0.25, 0.3) is 0 Å². The molecular weight excluding hydrogens is 122 g/mol. The lowest BCUT2D eigenvalue weighted by Gasteiger charge is -2.01. The van der Waals surface area contributed by atoms with Crippen molar-refractivity contribution in [2.75, 3.05) is 13.6 Å². The highest BCUT2D eigenvalue weighted by atomic mass is 14.8. The minimum absolute atomic E-state index is 0.563. The molecule has 0 fully saturated rings. The third-order valence-electron chi connectivity index (χ3n) is 1.40. The summed E-state index contributed by atoms with van der Waals surface area (Å²) >= 11 is 0. The van der Waals surface area contributed by atoms with E-state index in [2.05, 4.69) is 37.9 Å². The minimum atomic E-state index is 0.563. The van der Waals surface area contributed by atoms with Gasteiger partial charge in [0, 0.05) is 6.54 Å². The van der Waals surface area contributed by atoms with Crippen molar-refractivity contribution < 1.29 is 0 Å². The second-order valence-electron chi connectivity index (χ2n) is 2.69. The smallest absolute Gasteiger partial charge is 0.0135 e. The number of hydrogen-bond acceptors (Lipinski definition) is 1. The molecule has 58 valence electrons. The standard InChI is InChI=1S/C9H17N/c1-8(2)9(3)6-5-7-10-4/h5-6,8,10H,3,7H2,1-2,4H3/b6-5+. The van der Waals surface area contributed by atoms with Gasteiger partial charge in [-0.2, -0.15) is 0 Å². The normalized spacial score (nSPS) is 11.2. The van der Waals surface area contributed by atoms with Crippen LogP contribution in [0.25, 0.3) is 0 Å². The Balaban J connectivity index is 3.56. The van der Waals surface area contributed by atoms with Gasteiger partial charge in [0.1, 0.15) is 0 Å². The van der Waals surface area contributed by atoms with Gasteiger partial charge in [-0.3, -0.25) is 0 Å². The first-order valence-corrected chi connectivity index (χ1v) is 3.68. The fourth-order valence-electron chi connectivity index (χ4n) is 0.521. The molecule has 10 heavy (non-hydrogen) atoms. The van der Waals surface area contributed by atoms with Crippen molar-refractivity contribution in [3.8, 4) is 0 Å². The third kappa shape index (κ3) is 4.33. The molecule has 0 atom stereocenters. The number of likely N-dealkylation sites (N-methyl/N-ethyl adjacent to an activating group) is 1. The number of rotatable bonds is 4. The van der Waals surface area contributed by atoms with Crippen molar-refractivity contribution >= 4 is 0 Å². The summed E-state index contributed by atoms with van der Waals surface area (Å²) in [5, 5.41) is 3.03. The van der Waals surface area contributed by atoms with E-state index in [0.29, 0.717) is 5.92 Å². The van der Waals surface area contributed by atoms with Crippen LogP contribution < -0.4 is 5.32 Å². The molecule has 0 radical (unpaired) electrons. The quantitative estimate of drug-likeness (QED) is 0.587. The van der Waals surface area contributed by atoms with Crippen LogP contribution >= 0.6 is 0 Å². The van der Waals surface area contributed by atoms with Gasteiger partial charge in [0.15, 0.2) is 0 Å². The maximum Gasteiger partial charge on any atom is 0.0135 e. The third-order valence-corrected chi connectivity index (χ3v) is 1.40. The van der Waals surface area contributed by atoms with E-state index in [1.807, 2.05) is 7.05 Å². The van der Waals surface area contributed by atoms with Crippen LogP contribution in [0, 0.1) is 5.92 Å². The topological polar surface area (TPSA) is 12.0 Å². The summed E-state index contributed by atoms with van der Waals surface area (Å²) < 4.78 is 0. The molecule has 0 aliphatic carbocycles. The first-order chi connectivity index (χ1) is 4.68. The monoisotopic (exact) mass is 139 g/mol. The molecule has 0 amide bonds. The Bertz CT molecular complexity index is 123. The molecule has 0 saturated carbocycles. The predicted octanol–water partition coefficient (Wildman–Crippen LogP) is 1.97. The van der Waals surface area contributed by atoms with Crippen LogP contribution in [0.2, 0.25) is 0 Å². The van der Waals surface area contributed by atoms with Gasteiger partial charge >= 0.3 is 0 Å². The number of nitrogens with one attached hydrogen (secondary N) is 1. The Labute approximate surface area is 63.8 Å². The van der Waals surface area contributed by atoms with E-state index in [4.69, 9.17) is 0 Å². The van der Waals surface area contributed by atoms with Crippen LogP contribution in [-0.2, 0) is 0 Å². The van der Waals surface area contributed by atoms with E-state index < -0.39 is 0 Å². The lowest BCUT2D eigenvalue weighted by atomic mass is 10.1. The van der Waals surface area contributed by atoms with E-state index in [1.54, 1.807) is 0 Å². The molecule has 0 bridgehead atoms. The van der Waals surface area contributed by atoms with Crippen molar-refractivity contribution in [3.63, 3.8) is 0 Å². The second kappa shape index (κ2) is 5.24. The molecule has 0 aromatic rings. The predicted molar refractivity (Wildman–Crippen MR) is 47.0 cm³/mol. The highest BCUT2D eigenvalue weighted by Gasteiger charge is 1.92. The molecule has 0 aromatic heterocycles. The van der Waals surface area contributed by atoms with Crippen LogP contribution in [0.1, 0.15) is 13.8 Å². The van der Waals surface area contributed by atoms with Crippen LogP contribution in [0.15, 0.2) is 24.3 Å². The average Bonchev–Trinajstić information content (AvgIpc) is 1.88. The van der Waals surface area contributed by atoms with E-state index in [1.165, 1.54) is 5.57 Å². The summed E-state index contributed by atoms with van der Waals surface area (Å²) in [5.74, 6) is 0.563. The zero-order valence-electron chi connectivity index (χ0n) is 7.15. The van der Waals surface area contributed by atoms with Gasteiger partial charge in [-0.15, -0.1) is 0 Å².